The van der Waals surface area contributed by atoms with Crippen LogP contribution in [0.3, 0.4) is 0 Å². The predicted octanol–water partition coefficient (Wildman–Crippen LogP) is 4.47. The van der Waals surface area contributed by atoms with Crippen LogP contribution in [0.2, 0.25) is 10.0 Å². The lowest BCUT2D eigenvalue weighted by atomic mass is 10.2. The van der Waals surface area contributed by atoms with E-state index in [-0.39, 0.29) is 6.03 Å². The third-order valence-corrected chi connectivity index (χ3v) is 4.06. The van der Waals surface area contributed by atoms with E-state index in [2.05, 4.69) is 15.5 Å². The molecule has 1 saturated heterocycles. The minimum atomic E-state index is -0.353. The van der Waals surface area contributed by atoms with Crippen LogP contribution in [0.25, 0.3) is 0 Å². The summed E-state index contributed by atoms with van der Waals surface area (Å²) in [4.78, 5) is 14.5. The highest BCUT2D eigenvalue weighted by molar-refractivity contribution is 6.35. The molecule has 1 heterocycles. The Morgan fingerprint density at radius 1 is 1.00 bits per heavy atom. The average Bonchev–Trinajstić information content (AvgIpc) is 2.55. The van der Waals surface area contributed by atoms with Gasteiger partial charge in [-0.25, -0.2) is 4.79 Å². The molecule has 0 atom stereocenters. The molecule has 2 N–H and O–H groups in total. The number of halogens is 2. The number of hydrogen-bond donors (Lipinski definition) is 2. The van der Waals surface area contributed by atoms with Crippen LogP contribution in [-0.2, 0) is 4.74 Å². The number of ether oxygens (including phenoxy) is 1. The summed E-state index contributed by atoms with van der Waals surface area (Å²) in [5.74, 6) is 0. The van der Waals surface area contributed by atoms with Gasteiger partial charge in [0.15, 0.2) is 0 Å². The lowest BCUT2D eigenvalue weighted by Crippen LogP contribution is -2.36. The van der Waals surface area contributed by atoms with Crippen molar-refractivity contribution in [2.45, 2.75) is 0 Å². The van der Waals surface area contributed by atoms with Gasteiger partial charge in [0.2, 0.25) is 0 Å². The third-order valence-electron chi connectivity index (χ3n) is 3.62. The highest BCUT2D eigenvalue weighted by Crippen LogP contribution is 2.27. The molecule has 2 amide bonds. The zero-order chi connectivity index (χ0) is 16.9. The Morgan fingerprint density at radius 2 is 1.67 bits per heavy atom. The van der Waals surface area contributed by atoms with Crippen molar-refractivity contribution in [1.29, 1.82) is 0 Å². The van der Waals surface area contributed by atoms with Gasteiger partial charge in [0.05, 0.1) is 24.6 Å². The monoisotopic (exact) mass is 365 g/mol. The Kier molecular flexibility index (Phi) is 5.45. The van der Waals surface area contributed by atoms with Crippen molar-refractivity contribution < 1.29 is 9.53 Å². The first-order chi connectivity index (χ1) is 11.6. The topological polar surface area (TPSA) is 53.6 Å². The molecule has 1 aliphatic heterocycles. The van der Waals surface area contributed by atoms with Crippen molar-refractivity contribution in [1.82, 2.24) is 0 Å². The Balaban J connectivity index is 1.72. The summed E-state index contributed by atoms with van der Waals surface area (Å²) in [7, 11) is 0. The largest absolute Gasteiger partial charge is 0.378 e. The van der Waals surface area contributed by atoms with Gasteiger partial charge in [-0.1, -0.05) is 35.3 Å². The number of rotatable bonds is 3. The van der Waals surface area contributed by atoms with Gasteiger partial charge in [-0.05, 0) is 30.3 Å². The first kappa shape index (κ1) is 16.9. The Bertz CT molecular complexity index is 713. The fourth-order valence-electron chi connectivity index (χ4n) is 2.57. The van der Waals surface area contributed by atoms with E-state index in [1.807, 2.05) is 24.3 Å². The fourth-order valence-corrected chi connectivity index (χ4v) is 3.10. The van der Waals surface area contributed by atoms with E-state index in [9.17, 15) is 4.79 Å². The molecule has 0 saturated carbocycles. The van der Waals surface area contributed by atoms with E-state index < -0.39 is 0 Å². The average molecular weight is 366 g/mol. The van der Waals surface area contributed by atoms with Crippen LogP contribution < -0.4 is 15.5 Å². The molecule has 0 bridgehead atoms. The van der Waals surface area contributed by atoms with Crippen molar-refractivity contribution >= 4 is 46.3 Å². The Morgan fingerprint density at radius 3 is 2.38 bits per heavy atom. The number of amides is 2. The minimum absolute atomic E-state index is 0.353. The summed E-state index contributed by atoms with van der Waals surface area (Å²) in [5.41, 5.74) is 2.25. The van der Waals surface area contributed by atoms with Gasteiger partial charge in [-0.15, -0.1) is 0 Å². The fraction of sp³-hybridized carbons (Fsp3) is 0.235. The number of carbonyl (C=O) groups excluding carboxylic acids is 1. The first-order valence-corrected chi connectivity index (χ1v) is 8.33. The number of anilines is 3. The summed E-state index contributed by atoms with van der Waals surface area (Å²) in [6, 6.07) is 12.2. The van der Waals surface area contributed by atoms with Gasteiger partial charge in [0.1, 0.15) is 0 Å². The van der Waals surface area contributed by atoms with Crippen LogP contribution in [0.1, 0.15) is 0 Å². The molecule has 3 rings (SSSR count). The number of nitrogens with zero attached hydrogens (tertiary/aromatic N) is 1. The number of hydrogen-bond acceptors (Lipinski definition) is 3. The molecule has 1 aliphatic rings. The quantitative estimate of drug-likeness (QED) is 0.843. The van der Waals surface area contributed by atoms with E-state index in [1.54, 1.807) is 18.2 Å². The zero-order valence-corrected chi connectivity index (χ0v) is 14.4. The second-order valence-corrected chi connectivity index (χ2v) is 6.23. The van der Waals surface area contributed by atoms with Crippen molar-refractivity contribution in [2.24, 2.45) is 0 Å². The molecule has 24 heavy (non-hydrogen) atoms. The van der Waals surface area contributed by atoms with Crippen LogP contribution in [0, 0.1) is 0 Å². The normalized spacial score (nSPS) is 14.3. The van der Waals surface area contributed by atoms with Crippen molar-refractivity contribution in [3.63, 3.8) is 0 Å². The standard InChI is InChI=1S/C17H17Cl2N3O2/c18-12-9-13(19)11-14(10-12)20-17(23)21-15-3-1-2-4-16(15)22-5-7-24-8-6-22/h1-4,9-11H,5-8H2,(H2,20,21,23). The second-order valence-electron chi connectivity index (χ2n) is 5.35. The predicted molar refractivity (Wildman–Crippen MR) is 98.6 cm³/mol. The van der Waals surface area contributed by atoms with Gasteiger partial charge in [-0.2, -0.15) is 0 Å². The van der Waals surface area contributed by atoms with Gasteiger partial charge in [-0.3, -0.25) is 0 Å². The molecule has 5 nitrogen and oxygen atoms in total. The van der Waals surface area contributed by atoms with Crippen molar-refractivity contribution in [3.8, 4) is 0 Å². The molecule has 0 aromatic heterocycles. The number of nitrogens with one attached hydrogen (secondary N) is 2. The first-order valence-electron chi connectivity index (χ1n) is 7.57. The Labute approximate surface area is 150 Å². The van der Waals surface area contributed by atoms with E-state index >= 15 is 0 Å². The van der Waals surface area contributed by atoms with Crippen LogP contribution >= 0.6 is 23.2 Å². The molecule has 0 aliphatic carbocycles. The number of para-hydroxylation sites is 2. The minimum Gasteiger partial charge on any atom is -0.378 e. The van der Waals surface area contributed by atoms with Crippen LogP contribution in [0.15, 0.2) is 42.5 Å². The van der Waals surface area contributed by atoms with Crippen LogP contribution in [0.4, 0.5) is 21.9 Å². The zero-order valence-electron chi connectivity index (χ0n) is 12.9. The Hall–Kier alpha value is -1.95. The number of carbonyl (C=O) groups is 1. The SMILES string of the molecule is O=C(Nc1cc(Cl)cc(Cl)c1)Nc1ccccc1N1CCOCC1. The van der Waals surface area contributed by atoms with Crippen LogP contribution in [-0.4, -0.2) is 32.3 Å². The highest BCUT2D eigenvalue weighted by Gasteiger charge is 2.15. The summed E-state index contributed by atoms with van der Waals surface area (Å²) < 4.78 is 5.38. The summed E-state index contributed by atoms with van der Waals surface area (Å²) in [6.07, 6.45) is 0. The summed E-state index contributed by atoms with van der Waals surface area (Å²) in [6.45, 7) is 2.96. The molecule has 2 aromatic carbocycles. The maximum atomic E-state index is 12.3. The smallest absolute Gasteiger partial charge is 0.323 e. The van der Waals surface area contributed by atoms with E-state index in [4.69, 9.17) is 27.9 Å². The van der Waals surface area contributed by atoms with Crippen LogP contribution in [0.5, 0.6) is 0 Å². The van der Waals surface area contributed by atoms with Gasteiger partial charge >= 0.3 is 6.03 Å². The maximum Gasteiger partial charge on any atom is 0.323 e. The van der Waals surface area contributed by atoms with Gasteiger partial charge in [0.25, 0.3) is 0 Å². The maximum absolute atomic E-state index is 12.3. The number of morpholine rings is 1. The number of urea groups is 1. The molecule has 126 valence electrons. The number of benzene rings is 2. The summed E-state index contributed by atoms with van der Waals surface area (Å²) >= 11 is 11.9. The molecular formula is C17H17Cl2N3O2. The lowest BCUT2D eigenvalue weighted by molar-refractivity contribution is 0.123. The lowest BCUT2D eigenvalue weighted by Gasteiger charge is -2.30. The molecule has 0 unspecified atom stereocenters. The molecular weight excluding hydrogens is 349 g/mol. The molecule has 7 heteroatoms. The van der Waals surface area contributed by atoms with Gasteiger partial charge < -0.3 is 20.3 Å². The molecule has 0 radical (unpaired) electrons. The molecule has 1 fully saturated rings. The van der Waals surface area contributed by atoms with E-state index in [0.717, 1.165) is 24.5 Å². The summed E-state index contributed by atoms with van der Waals surface area (Å²) in [5, 5.41) is 6.55. The second kappa shape index (κ2) is 7.75. The van der Waals surface area contributed by atoms with Crippen molar-refractivity contribution in [2.75, 3.05) is 41.8 Å². The van der Waals surface area contributed by atoms with E-state index in [0.29, 0.717) is 28.9 Å². The van der Waals surface area contributed by atoms with E-state index in [1.165, 1.54) is 0 Å². The van der Waals surface area contributed by atoms with Crippen molar-refractivity contribution in [3.05, 3.63) is 52.5 Å². The molecule has 0 spiro atoms. The third kappa shape index (κ3) is 4.32. The highest BCUT2D eigenvalue weighted by atomic mass is 35.5. The van der Waals surface area contributed by atoms with Gasteiger partial charge in [0, 0.05) is 28.8 Å². The molecule has 2 aromatic rings.